The van der Waals surface area contributed by atoms with Crippen LogP contribution in [-0.4, -0.2) is 35.2 Å². The van der Waals surface area contributed by atoms with E-state index in [1.807, 2.05) is 0 Å². The minimum absolute atomic E-state index is 0.0229. The average molecular weight is 476 g/mol. The molecule has 0 unspecified atom stereocenters. The third-order valence-electron chi connectivity index (χ3n) is 4.06. The first-order chi connectivity index (χ1) is 14.6. The molecule has 0 saturated carbocycles. The molecule has 0 radical (unpaired) electrons. The molecule has 3 rings (SSSR count). The van der Waals surface area contributed by atoms with E-state index in [-0.39, 0.29) is 35.1 Å². The van der Waals surface area contributed by atoms with Crippen molar-refractivity contribution in [2.75, 3.05) is 11.9 Å². The monoisotopic (exact) mass is 475 g/mol. The second kappa shape index (κ2) is 9.40. The fourth-order valence-electron chi connectivity index (χ4n) is 2.46. The van der Waals surface area contributed by atoms with E-state index in [1.165, 1.54) is 24.3 Å². The Labute approximate surface area is 183 Å². The van der Waals surface area contributed by atoms with Gasteiger partial charge in [-0.3, -0.25) is 20.4 Å². The summed E-state index contributed by atoms with van der Waals surface area (Å²) in [7, 11) is 0. The van der Waals surface area contributed by atoms with Gasteiger partial charge in [-0.2, -0.15) is 13.2 Å². The van der Waals surface area contributed by atoms with E-state index in [0.717, 1.165) is 6.07 Å². The highest BCUT2D eigenvalue weighted by Gasteiger charge is 2.32. The zero-order valence-electron chi connectivity index (χ0n) is 15.5. The number of carbonyl (C=O) groups excluding carboxylic acids is 2. The van der Waals surface area contributed by atoms with Gasteiger partial charge in [-0.25, -0.2) is 4.98 Å². The van der Waals surface area contributed by atoms with Gasteiger partial charge in [-0.05, 0) is 30.3 Å². The Kier molecular flexibility index (Phi) is 6.86. The molecule has 1 aliphatic heterocycles. The summed E-state index contributed by atoms with van der Waals surface area (Å²) in [5.74, 6) is -1.19. The number of benzene rings is 1. The van der Waals surface area contributed by atoms with Gasteiger partial charge in [-0.1, -0.05) is 28.4 Å². The van der Waals surface area contributed by atoms with Gasteiger partial charge in [0.1, 0.15) is 11.5 Å². The molecule has 0 bridgehead atoms. The maximum atomic E-state index is 12.7. The Bertz CT molecular complexity index is 1020. The standard InChI is InChI=1S/C18H14Cl2F3N5O3/c19-11-3-1-9(2-4-11)16(29)26-27-17(30)14-6-12(31-28-14)8-25-15-13(20)5-10(7-24-15)18(21,22)23/h1-5,7,12H,6,8H2,(H,24,25)(H,26,29)(H,27,30)/t12-/m0/s1. The maximum Gasteiger partial charge on any atom is 0.417 e. The van der Waals surface area contributed by atoms with E-state index in [0.29, 0.717) is 11.2 Å². The molecule has 0 spiro atoms. The molecule has 2 amide bonds. The van der Waals surface area contributed by atoms with Gasteiger partial charge in [0.05, 0.1) is 17.1 Å². The summed E-state index contributed by atoms with van der Waals surface area (Å²) in [5.41, 5.74) is 3.80. The van der Waals surface area contributed by atoms with Crippen molar-refractivity contribution in [1.29, 1.82) is 0 Å². The summed E-state index contributed by atoms with van der Waals surface area (Å²) in [4.78, 5) is 32.9. The largest absolute Gasteiger partial charge is 0.417 e. The van der Waals surface area contributed by atoms with Crippen LogP contribution in [0.4, 0.5) is 19.0 Å². The number of hydrogen-bond acceptors (Lipinski definition) is 6. The Morgan fingerprint density at radius 1 is 1.13 bits per heavy atom. The first kappa shape index (κ1) is 22.6. The van der Waals surface area contributed by atoms with E-state index in [9.17, 15) is 22.8 Å². The molecule has 3 N–H and O–H groups in total. The molecule has 0 aliphatic carbocycles. The Hall–Kier alpha value is -3.05. The van der Waals surface area contributed by atoms with Crippen LogP contribution in [0.2, 0.25) is 10.0 Å². The summed E-state index contributed by atoms with van der Waals surface area (Å²) in [5, 5.41) is 6.65. The van der Waals surface area contributed by atoms with E-state index >= 15 is 0 Å². The summed E-state index contributed by atoms with van der Waals surface area (Å²) in [6.07, 6.45) is -4.40. The molecular formula is C18H14Cl2F3N5O3. The number of aromatic nitrogens is 1. The van der Waals surface area contributed by atoms with E-state index < -0.39 is 29.7 Å². The number of anilines is 1. The zero-order valence-corrected chi connectivity index (χ0v) is 17.0. The van der Waals surface area contributed by atoms with Crippen molar-refractivity contribution in [2.45, 2.75) is 18.7 Å². The van der Waals surface area contributed by atoms with Crippen molar-refractivity contribution in [2.24, 2.45) is 5.16 Å². The van der Waals surface area contributed by atoms with Crippen LogP contribution in [0.1, 0.15) is 22.3 Å². The fraction of sp³-hybridized carbons (Fsp3) is 0.222. The van der Waals surface area contributed by atoms with Crippen LogP contribution in [0.5, 0.6) is 0 Å². The topological polar surface area (TPSA) is 105 Å². The summed E-state index contributed by atoms with van der Waals surface area (Å²) in [6.45, 7) is 0.0789. The number of oxime groups is 1. The van der Waals surface area contributed by atoms with E-state index in [2.05, 4.69) is 26.3 Å². The van der Waals surface area contributed by atoms with Gasteiger partial charge in [0.2, 0.25) is 0 Å². The lowest BCUT2D eigenvalue weighted by Crippen LogP contribution is -2.44. The highest BCUT2D eigenvalue weighted by atomic mass is 35.5. The Balaban J connectivity index is 1.46. The predicted molar refractivity (Wildman–Crippen MR) is 107 cm³/mol. The molecule has 0 saturated heterocycles. The first-order valence-electron chi connectivity index (χ1n) is 8.69. The lowest BCUT2D eigenvalue weighted by molar-refractivity contribution is -0.137. The second-order valence-corrected chi connectivity index (χ2v) is 7.16. The minimum atomic E-state index is -4.55. The number of nitrogens with zero attached hydrogens (tertiary/aromatic N) is 2. The highest BCUT2D eigenvalue weighted by Crippen LogP contribution is 2.32. The minimum Gasteiger partial charge on any atom is -0.390 e. The lowest BCUT2D eigenvalue weighted by atomic mass is 10.1. The van der Waals surface area contributed by atoms with Crippen LogP contribution in [-0.2, 0) is 15.8 Å². The molecule has 2 aromatic rings. The number of rotatable bonds is 5. The average Bonchev–Trinajstić information content (AvgIpc) is 3.20. The molecule has 1 aromatic carbocycles. The molecule has 0 fully saturated rings. The van der Waals surface area contributed by atoms with Crippen LogP contribution < -0.4 is 16.2 Å². The molecule has 1 atom stereocenters. The Morgan fingerprint density at radius 2 is 1.81 bits per heavy atom. The molecule has 2 heterocycles. The SMILES string of the molecule is O=C(NNC(=O)c1ccc(Cl)cc1)C1=NO[C@H](CNc2ncc(C(F)(F)F)cc2Cl)C1. The lowest BCUT2D eigenvalue weighted by Gasteiger charge is -2.13. The van der Waals surface area contributed by atoms with Crippen molar-refractivity contribution < 1.29 is 27.6 Å². The van der Waals surface area contributed by atoms with Crippen LogP contribution >= 0.6 is 23.2 Å². The van der Waals surface area contributed by atoms with Crippen LogP contribution in [0.25, 0.3) is 0 Å². The fourth-order valence-corrected chi connectivity index (χ4v) is 2.82. The molecule has 31 heavy (non-hydrogen) atoms. The number of carbonyl (C=O) groups is 2. The van der Waals surface area contributed by atoms with Crippen LogP contribution in [0.3, 0.4) is 0 Å². The quantitative estimate of drug-likeness (QED) is 0.574. The summed E-state index contributed by atoms with van der Waals surface area (Å²) < 4.78 is 38.0. The second-order valence-electron chi connectivity index (χ2n) is 6.32. The predicted octanol–water partition coefficient (Wildman–Crippen LogP) is 3.43. The molecule has 13 heteroatoms. The molecule has 1 aliphatic rings. The Morgan fingerprint density at radius 3 is 2.45 bits per heavy atom. The van der Waals surface area contributed by atoms with Crippen LogP contribution in [0, 0.1) is 0 Å². The normalized spacial score (nSPS) is 15.6. The van der Waals surface area contributed by atoms with Crippen molar-refractivity contribution in [3.63, 3.8) is 0 Å². The number of hydrogen-bond donors (Lipinski definition) is 3. The number of nitrogens with one attached hydrogen (secondary N) is 3. The third kappa shape index (κ3) is 5.98. The van der Waals surface area contributed by atoms with Crippen molar-refractivity contribution in [1.82, 2.24) is 15.8 Å². The molecule has 8 nitrogen and oxygen atoms in total. The van der Waals surface area contributed by atoms with Crippen molar-refractivity contribution >= 4 is 46.5 Å². The van der Waals surface area contributed by atoms with Gasteiger partial charge in [-0.15, -0.1) is 0 Å². The van der Waals surface area contributed by atoms with Crippen molar-refractivity contribution in [3.05, 3.63) is 57.7 Å². The number of halogens is 5. The number of alkyl halides is 3. The summed E-state index contributed by atoms with van der Waals surface area (Å²) >= 11 is 11.6. The molecule has 164 valence electrons. The molecular weight excluding hydrogens is 462 g/mol. The summed E-state index contributed by atoms with van der Waals surface area (Å²) in [6, 6.07) is 6.79. The zero-order chi connectivity index (χ0) is 22.6. The number of amides is 2. The highest BCUT2D eigenvalue weighted by molar-refractivity contribution is 6.39. The van der Waals surface area contributed by atoms with Gasteiger partial charge in [0.25, 0.3) is 11.8 Å². The number of pyridine rings is 1. The van der Waals surface area contributed by atoms with Gasteiger partial charge in [0.15, 0.2) is 6.10 Å². The van der Waals surface area contributed by atoms with Crippen LogP contribution in [0.15, 0.2) is 41.7 Å². The van der Waals surface area contributed by atoms with Gasteiger partial charge >= 0.3 is 6.18 Å². The maximum absolute atomic E-state index is 12.7. The van der Waals surface area contributed by atoms with E-state index in [4.69, 9.17) is 28.0 Å². The van der Waals surface area contributed by atoms with E-state index in [1.54, 1.807) is 0 Å². The smallest absolute Gasteiger partial charge is 0.390 e. The van der Waals surface area contributed by atoms with Crippen molar-refractivity contribution in [3.8, 4) is 0 Å². The molecule has 1 aromatic heterocycles. The first-order valence-corrected chi connectivity index (χ1v) is 9.44. The number of hydrazine groups is 1. The third-order valence-corrected chi connectivity index (χ3v) is 4.60. The van der Waals surface area contributed by atoms with Gasteiger partial charge in [0, 0.05) is 23.2 Å². The van der Waals surface area contributed by atoms with Gasteiger partial charge < -0.3 is 10.2 Å².